The molecule has 1 aromatic heterocycles. The standard InChI is InChI=1S/C33H45F2N5O3/c1-6-8-40(9-7-2)31(42)24-10-22(5)15-33(16-24,32(36)43)28(13-23-11-25(34)14-26(35)12-23)30(41)20-38-18-27-17-37-19-29(39-27)21(3)4/h10-12,14-15,17,19,21,28,30,38,41H,6-9,13,16,18,20H2,1-5H3,(H2,36,43)/t28-,30+,33?/m1/s1. The molecule has 0 radical (unpaired) electrons. The van der Waals surface area contributed by atoms with E-state index < -0.39 is 35.0 Å². The van der Waals surface area contributed by atoms with Crippen molar-refractivity contribution in [2.24, 2.45) is 17.1 Å². The van der Waals surface area contributed by atoms with Crippen molar-refractivity contribution < 1.29 is 23.5 Å². The van der Waals surface area contributed by atoms with Crippen LogP contribution in [-0.4, -0.2) is 57.5 Å². The number of carbonyl (C=O) groups is 2. The van der Waals surface area contributed by atoms with Crippen LogP contribution < -0.4 is 11.1 Å². The number of hydrogen-bond acceptors (Lipinski definition) is 6. The third kappa shape index (κ3) is 8.76. The van der Waals surface area contributed by atoms with Crippen LogP contribution in [0.2, 0.25) is 0 Å². The van der Waals surface area contributed by atoms with Gasteiger partial charge in [-0.2, -0.15) is 0 Å². The van der Waals surface area contributed by atoms with Crippen LogP contribution in [0, 0.1) is 23.0 Å². The largest absolute Gasteiger partial charge is 0.391 e. The van der Waals surface area contributed by atoms with Gasteiger partial charge in [-0.25, -0.2) is 8.78 Å². The van der Waals surface area contributed by atoms with Crippen LogP contribution in [0.5, 0.6) is 0 Å². The highest BCUT2D eigenvalue weighted by Crippen LogP contribution is 2.44. The van der Waals surface area contributed by atoms with Gasteiger partial charge >= 0.3 is 0 Å². The van der Waals surface area contributed by atoms with Crippen molar-refractivity contribution in [3.63, 3.8) is 0 Å². The Balaban J connectivity index is 1.97. The number of rotatable bonds is 15. The van der Waals surface area contributed by atoms with Gasteiger partial charge in [-0.1, -0.05) is 45.4 Å². The van der Waals surface area contributed by atoms with Crippen molar-refractivity contribution in [2.45, 2.75) is 78.9 Å². The van der Waals surface area contributed by atoms with Crippen molar-refractivity contribution in [1.29, 1.82) is 0 Å². The predicted molar refractivity (Wildman–Crippen MR) is 163 cm³/mol. The first-order valence-electron chi connectivity index (χ1n) is 15.0. The molecule has 3 rings (SSSR count). The van der Waals surface area contributed by atoms with E-state index >= 15 is 0 Å². The van der Waals surface area contributed by atoms with Gasteiger partial charge in [-0.15, -0.1) is 0 Å². The zero-order chi connectivity index (χ0) is 31.7. The lowest BCUT2D eigenvalue weighted by Gasteiger charge is -2.42. The van der Waals surface area contributed by atoms with Crippen LogP contribution in [-0.2, 0) is 22.6 Å². The Labute approximate surface area is 253 Å². The van der Waals surface area contributed by atoms with Gasteiger partial charge in [0.2, 0.25) is 11.8 Å². The first-order valence-corrected chi connectivity index (χ1v) is 15.0. The van der Waals surface area contributed by atoms with Crippen molar-refractivity contribution in [2.75, 3.05) is 19.6 Å². The molecule has 1 unspecified atom stereocenters. The number of primary amides is 1. The van der Waals surface area contributed by atoms with Gasteiger partial charge in [0, 0.05) is 56.1 Å². The molecule has 43 heavy (non-hydrogen) atoms. The molecule has 1 heterocycles. The van der Waals surface area contributed by atoms with Crippen LogP contribution in [0.15, 0.2) is 53.9 Å². The van der Waals surface area contributed by atoms with Gasteiger partial charge in [0.1, 0.15) is 11.6 Å². The van der Waals surface area contributed by atoms with E-state index in [9.17, 15) is 23.5 Å². The Morgan fingerprint density at radius 1 is 1.12 bits per heavy atom. The highest BCUT2D eigenvalue weighted by atomic mass is 19.1. The first kappa shape index (κ1) is 34.0. The Bertz CT molecular complexity index is 1320. The monoisotopic (exact) mass is 597 g/mol. The van der Waals surface area contributed by atoms with E-state index in [4.69, 9.17) is 5.73 Å². The molecule has 10 heteroatoms. The number of aliphatic hydroxyl groups excluding tert-OH is 1. The molecule has 0 fully saturated rings. The third-order valence-electron chi connectivity index (χ3n) is 7.84. The van der Waals surface area contributed by atoms with E-state index in [0.29, 0.717) is 36.5 Å². The summed E-state index contributed by atoms with van der Waals surface area (Å²) >= 11 is 0. The Morgan fingerprint density at radius 2 is 1.77 bits per heavy atom. The fourth-order valence-corrected chi connectivity index (χ4v) is 5.84. The molecule has 0 aliphatic heterocycles. The van der Waals surface area contributed by atoms with E-state index in [0.717, 1.165) is 24.6 Å². The smallest absolute Gasteiger partial charge is 0.249 e. The van der Waals surface area contributed by atoms with Crippen LogP contribution in [0.25, 0.3) is 0 Å². The molecule has 0 spiro atoms. The van der Waals surface area contributed by atoms with E-state index in [-0.39, 0.29) is 36.8 Å². The molecule has 1 aliphatic carbocycles. The number of aromatic nitrogens is 2. The topological polar surface area (TPSA) is 121 Å². The summed E-state index contributed by atoms with van der Waals surface area (Å²) in [6, 6.07) is 3.14. The van der Waals surface area contributed by atoms with Crippen molar-refractivity contribution in [3.05, 3.63) is 82.5 Å². The van der Waals surface area contributed by atoms with Gasteiger partial charge in [-0.3, -0.25) is 19.6 Å². The lowest BCUT2D eigenvalue weighted by molar-refractivity contribution is -0.132. The van der Waals surface area contributed by atoms with E-state index in [1.165, 1.54) is 12.1 Å². The molecule has 4 N–H and O–H groups in total. The fraction of sp³-hybridized carbons (Fsp3) is 0.515. The number of allylic oxidation sites excluding steroid dienone is 2. The first-order chi connectivity index (χ1) is 20.4. The second-order valence-corrected chi connectivity index (χ2v) is 11.8. The second-order valence-electron chi connectivity index (χ2n) is 11.8. The number of nitrogens with zero attached hydrogens (tertiary/aromatic N) is 3. The maximum Gasteiger partial charge on any atom is 0.249 e. The number of hydrogen-bond donors (Lipinski definition) is 3. The Kier molecular flexibility index (Phi) is 12.1. The summed E-state index contributed by atoms with van der Waals surface area (Å²) in [6.07, 6.45) is 7.07. The molecule has 3 atom stereocenters. The maximum absolute atomic E-state index is 14.2. The van der Waals surface area contributed by atoms with Gasteiger partial charge in [0.05, 0.1) is 22.9 Å². The van der Waals surface area contributed by atoms with Gasteiger partial charge in [-0.05, 0) is 56.2 Å². The van der Waals surface area contributed by atoms with E-state index in [1.54, 1.807) is 36.4 Å². The van der Waals surface area contributed by atoms with Gasteiger partial charge in [0.25, 0.3) is 0 Å². The number of halogens is 2. The zero-order valence-corrected chi connectivity index (χ0v) is 25.9. The minimum absolute atomic E-state index is 0.0305. The molecule has 234 valence electrons. The highest BCUT2D eigenvalue weighted by molar-refractivity contribution is 5.96. The number of carbonyl (C=O) groups excluding carboxylic acids is 2. The predicted octanol–water partition coefficient (Wildman–Crippen LogP) is 4.58. The van der Waals surface area contributed by atoms with Crippen molar-refractivity contribution in [3.8, 4) is 0 Å². The molecular formula is C33H45F2N5O3. The Hall–Kier alpha value is -3.50. The van der Waals surface area contributed by atoms with E-state index in [2.05, 4.69) is 15.3 Å². The second kappa shape index (κ2) is 15.3. The molecule has 1 aromatic carbocycles. The zero-order valence-electron chi connectivity index (χ0n) is 25.9. The van der Waals surface area contributed by atoms with Gasteiger partial charge < -0.3 is 21.1 Å². The number of aliphatic hydroxyl groups is 1. The minimum atomic E-state index is -1.49. The van der Waals surface area contributed by atoms with E-state index in [1.807, 2.05) is 27.7 Å². The summed E-state index contributed by atoms with van der Waals surface area (Å²) in [6.45, 7) is 11.3. The van der Waals surface area contributed by atoms with Crippen molar-refractivity contribution >= 4 is 11.8 Å². The van der Waals surface area contributed by atoms with Crippen LogP contribution in [0.1, 0.15) is 76.8 Å². The molecule has 0 saturated heterocycles. The summed E-state index contributed by atoms with van der Waals surface area (Å²) in [5.41, 5.74) is 7.47. The highest BCUT2D eigenvalue weighted by Gasteiger charge is 2.48. The normalized spacial score (nSPS) is 18.2. The summed E-state index contributed by atoms with van der Waals surface area (Å²) in [5, 5.41) is 14.8. The molecule has 0 saturated carbocycles. The average molecular weight is 598 g/mol. The molecule has 1 aliphatic rings. The fourth-order valence-electron chi connectivity index (χ4n) is 5.84. The molecule has 2 aromatic rings. The molecule has 8 nitrogen and oxygen atoms in total. The molecular weight excluding hydrogens is 552 g/mol. The van der Waals surface area contributed by atoms with Crippen molar-refractivity contribution in [1.82, 2.24) is 20.2 Å². The average Bonchev–Trinajstić information content (AvgIpc) is 2.94. The lowest BCUT2D eigenvalue weighted by Crippen LogP contribution is -2.51. The summed E-state index contributed by atoms with van der Waals surface area (Å²) < 4.78 is 28.5. The summed E-state index contributed by atoms with van der Waals surface area (Å²) in [5.74, 6) is -3.16. The van der Waals surface area contributed by atoms with Crippen LogP contribution in [0.3, 0.4) is 0 Å². The van der Waals surface area contributed by atoms with Crippen LogP contribution >= 0.6 is 0 Å². The summed E-state index contributed by atoms with van der Waals surface area (Å²) in [7, 11) is 0. The third-order valence-corrected chi connectivity index (χ3v) is 7.84. The number of nitrogens with two attached hydrogens (primary N) is 1. The number of benzene rings is 1. The van der Waals surface area contributed by atoms with Gasteiger partial charge in [0.15, 0.2) is 0 Å². The molecule has 0 bridgehead atoms. The molecule has 2 amide bonds. The van der Waals surface area contributed by atoms with Crippen LogP contribution in [0.4, 0.5) is 8.78 Å². The minimum Gasteiger partial charge on any atom is -0.391 e. The quantitative estimate of drug-likeness (QED) is 0.276. The number of nitrogens with one attached hydrogen (secondary N) is 1. The maximum atomic E-state index is 14.2. The summed E-state index contributed by atoms with van der Waals surface area (Å²) in [4.78, 5) is 37.7. The number of amides is 2. The lowest BCUT2D eigenvalue weighted by atomic mass is 9.63. The SMILES string of the molecule is CCCN(CCC)C(=O)C1=CC(C)=CC(C(N)=O)([C@H](Cc2cc(F)cc(F)c2)[C@@H](O)CNCc2cncc(C(C)C)n2)C1. The Morgan fingerprint density at radius 3 is 2.35 bits per heavy atom.